The van der Waals surface area contributed by atoms with E-state index in [0.29, 0.717) is 0 Å². The van der Waals surface area contributed by atoms with Crippen molar-refractivity contribution in [1.82, 2.24) is 0 Å². The SMILES string of the molecule is CCc1c(-c2ccc(C)c([I-]C)c2)oc(-c2ccc(C)cc2)c1-c1ccc(C)cc1. The Hall–Kier alpha value is -2.33. The molecule has 0 spiro atoms. The molecule has 2 heteroatoms. The van der Waals surface area contributed by atoms with Gasteiger partial charge in [-0.2, -0.15) is 0 Å². The summed E-state index contributed by atoms with van der Waals surface area (Å²) in [5.74, 6) is 1.99. The van der Waals surface area contributed by atoms with Crippen LogP contribution in [0.15, 0.2) is 71.1 Å². The van der Waals surface area contributed by atoms with Crippen molar-refractivity contribution in [3.63, 3.8) is 0 Å². The van der Waals surface area contributed by atoms with Gasteiger partial charge in [-0.15, -0.1) is 0 Å². The Labute approximate surface area is 190 Å². The fourth-order valence-corrected chi connectivity index (χ4v) is 5.58. The third-order valence-electron chi connectivity index (χ3n) is 5.65. The molecule has 1 nitrogen and oxygen atoms in total. The first-order chi connectivity index (χ1) is 14.5. The van der Waals surface area contributed by atoms with Crippen LogP contribution in [-0.2, 0) is 6.42 Å². The van der Waals surface area contributed by atoms with Crippen molar-refractivity contribution in [3.05, 3.63) is 92.6 Å². The normalized spacial score (nSPS) is 11.2. The molecule has 1 aromatic heterocycles. The molecule has 0 bridgehead atoms. The molecule has 0 atom stereocenters. The third-order valence-corrected chi connectivity index (χ3v) is 7.98. The Morgan fingerprint density at radius 1 is 0.700 bits per heavy atom. The number of furan rings is 1. The Morgan fingerprint density at radius 3 is 1.83 bits per heavy atom. The Balaban J connectivity index is 1.99. The average Bonchev–Trinajstić information content (AvgIpc) is 3.14. The number of hydrogen-bond donors (Lipinski definition) is 0. The first-order valence-electron chi connectivity index (χ1n) is 10.4. The second-order valence-electron chi connectivity index (χ2n) is 7.85. The summed E-state index contributed by atoms with van der Waals surface area (Å²) in [7, 11) is 0. The van der Waals surface area contributed by atoms with Crippen LogP contribution < -0.4 is 21.2 Å². The summed E-state index contributed by atoms with van der Waals surface area (Å²) in [6.07, 6.45) is 0.929. The van der Waals surface area contributed by atoms with E-state index in [1.165, 1.54) is 42.5 Å². The molecule has 154 valence electrons. The van der Waals surface area contributed by atoms with Crippen LogP contribution in [-0.4, -0.2) is 4.93 Å². The molecule has 1 heterocycles. The monoisotopic (exact) mass is 507 g/mol. The van der Waals surface area contributed by atoms with Gasteiger partial charge in [0, 0.05) is 0 Å². The van der Waals surface area contributed by atoms with E-state index < -0.39 is 0 Å². The number of aryl methyl sites for hydroxylation is 3. The molecule has 3 aromatic carbocycles. The first kappa shape index (κ1) is 20.9. The van der Waals surface area contributed by atoms with Crippen LogP contribution in [0.5, 0.6) is 0 Å². The fourth-order valence-electron chi connectivity index (χ4n) is 3.91. The van der Waals surface area contributed by atoms with Crippen molar-refractivity contribution in [1.29, 1.82) is 0 Å². The van der Waals surface area contributed by atoms with Gasteiger partial charge in [-0.1, -0.05) is 0 Å². The van der Waals surface area contributed by atoms with Gasteiger partial charge in [0.2, 0.25) is 0 Å². The second-order valence-corrected chi connectivity index (χ2v) is 10.1. The van der Waals surface area contributed by atoms with E-state index in [0.717, 1.165) is 23.5 Å². The molecule has 0 saturated heterocycles. The van der Waals surface area contributed by atoms with Crippen molar-refractivity contribution in [2.75, 3.05) is 4.93 Å². The van der Waals surface area contributed by atoms with Gasteiger partial charge in [0.15, 0.2) is 0 Å². The maximum atomic E-state index is 6.69. The van der Waals surface area contributed by atoms with Gasteiger partial charge in [0.25, 0.3) is 0 Å². The Morgan fingerprint density at radius 2 is 1.27 bits per heavy atom. The maximum absolute atomic E-state index is 6.69. The molecule has 0 radical (unpaired) electrons. The van der Waals surface area contributed by atoms with Crippen molar-refractivity contribution in [2.45, 2.75) is 34.1 Å². The van der Waals surface area contributed by atoms with Crippen molar-refractivity contribution < 1.29 is 25.6 Å². The summed E-state index contributed by atoms with van der Waals surface area (Å²) in [6, 6.07) is 24.3. The number of alkyl halides is 1. The molecule has 30 heavy (non-hydrogen) atoms. The van der Waals surface area contributed by atoms with Crippen molar-refractivity contribution >= 4 is 0 Å². The molecular weight excluding hydrogens is 479 g/mol. The first-order valence-corrected chi connectivity index (χ1v) is 13.7. The molecular formula is C28H28IO-. The van der Waals surface area contributed by atoms with Crippen molar-refractivity contribution in [3.8, 4) is 33.8 Å². The van der Waals surface area contributed by atoms with Crippen LogP contribution in [0.3, 0.4) is 0 Å². The van der Waals surface area contributed by atoms with Crippen LogP contribution >= 0.6 is 0 Å². The number of benzene rings is 3. The minimum absolute atomic E-state index is 0.0251. The van der Waals surface area contributed by atoms with Gasteiger partial charge in [-0.3, -0.25) is 0 Å². The molecule has 0 saturated carbocycles. The number of hydrogen-bond acceptors (Lipinski definition) is 1. The van der Waals surface area contributed by atoms with E-state index in [9.17, 15) is 0 Å². The van der Waals surface area contributed by atoms with E-state index in [2.05, 4.69) is 99.4 Å². The summed E-state index contributed by atoms with van der Waals surface area (Å²) in [5.41, 5.74) is 9.98. The second kappa shape index (κ2) is 8.81. The van der Waals surface area contributed by atoms with Crippen LogP contribution in [0.25, 0.3) is 33.8 Å². The van der Waals surface area contributed by atoms with Gasteiger partial charge in [-0.25, -0.2) is 0 Å². The van der Waals surface area contributed by atoms with Gasteiger partial charge in [0.1, 0.15) is 0 Å². The minimum atomic E-state index is 0.0251. The zero-order valence-corrected chi connectivity index (χ0v) is 20.5. The summed E-state index contributed by atoms with van der Waals surface area (Å²) >= 11 is 0.0251. The van der Waals surface area contributed by atoms with Crippen LogP contribution in [0.1, 0.15) is 29.2 Å². The quantitative estimate of drug-likeness (QED) is 0.283. The predicted octanol–water partition coefficient (Wildman–Crippen LogP) is 4.66. The summed E-state index contributed by atoms with van der Waals surface area (Å²) in [5, 5.41) is 0. The molecule has 0 aliphatic carbocycles. The van der Waals surface area contributed by atoms with E-state index in [-0.39, 0.29) is 21.2 Å². The average molecular weight is 507 g/mol. The Kier molecular flexibility index (Phi) is 6.14. The number of rotatable bonds is 5. The number of halogens is 1. The van der Waals surface area contributed by atoms with Gasteiger partial charge < -0.3 is 0 Å². The summed E-state index contributed by atoms with van der Waals surface area (Å²) in [4.78, 5) is 2.32. The van der Waals surface area contributed by atoms with E-state index in [1.54, 1.807) is 0 Å². The molecule has 0 aliphatic heterocycles. The summed E-state index contributed by atoms with van der Waals surface area (Å²) in [6.45, 7) is 8.69. The molecule has 0 amide bonds. The molecule has 4 rings (SSSR count). The van der Waals surface area contributed by atoms with Crippen molar-refractivity contribution in [2.24, 2.45) is 0 Å². The van der Waals surface area contributed by atoms with Crippen LogP contribution in [0, 0.1) is 24.3 Å². The molecule has 0 fully saturated rings. The zero-order chi connectivity index (χ0) is 21.3. The Bertz CT molecular complexity index is 1160. The molecule has 4 aromatic rings. The van der Waals surface area contributed by atoms with Gasteiger partial charge in [0.05, 0.1) is 0 Å². The predicted molar refractivity (Wildman–Crippen MR) is 123 cm³/mol. The van der Waals surface area contributed by atoms with E-state index in [4.69, 9.17) is 4.42 Å². The van der Waals surface area contributed by atoms with Crippen LogP contribution in [0.4, 0.5) is 0 Å². The van der Waals surface area contributed by atoms with Gasteiger partial charge >= 0.3 is 191 Å². The fraction of sp³-hybridized carbons (Fsp3) is 0.214. The molecule has 0 aliphatic rings. The topological polar surface area (TPSA) is 13.1 Å². The van der Waals surface area contributed by atoms with E-state index in [1.807, 2.05) is 0 Å². The van der Waals surface area contributed by atoms with E-state index >= 15 is 0 Å². The molecule has 0 N–H and O–H groups in total. The third kappa shape index (κ3) is 3.98. The molecule has 0 unspecified atom stereocenters. The van der Waals surface area contributed by atoms with Gasteiger partial charge in [-0.05, 0) is 0 Å². The van der Waals surface area contributed by atoms with Crippen LogP contribution in [0.2, 0.25) is 0 Å². The standard InChI is InChI=1S/C28H28IO/c1-6-24-26(21-12-7-18(2)8-13-21)28(22-14-9-19(3)10-15-22)30-27(24)23-16-11-20(4)25(17-23)29-5/h7-17H,6H2,1-5H3/q-1. The zero-order valence-electron chi connectivity index (χ0n) is 18.3. The summed E-state index contributed by atoms with van der Waals surface area (Å²) < 4.78 is 8.17.